The van der Waals surface area contributed by atoms with Gasteiger partial charge >= 0.3 is 0 Å². The average Bonchev–Trinajstić information content (AvgIpc) is 2.56. The smallest absolute Gasteiger partial charge is 0.0905 e. The van der Waals surface area contributed by atoms with Crippen LogP contribution < -0.4 is 0 Å². The van der Waals surface area contributed by atoms with E-state index < -0.39 is 0 Å². The highest BCUT2D eigenvalue weighted by molar-refractivity contribution is 7.99. The summed E-state index contributed by atoms with van der Waals surface area (Å²) in [6.07, 6.45) is 3.58. The second-order valence-corrected chi connectivity index (χ2v) is 5.77. The molecular weight excluding hydrogens is 278 g/mol. The summed E-state index contributed by atoms with van der Waals surface area (Å²) in [5.74, 6) is 1.02. The fourth-order valence-corrected chi connectivity index (χ4v) is 2.77. The Morgan fingerprint density at radius 3 is 1.81 bits per heavy atom. The van der Waals surface area contributed by atoms with Crippen LogP contribution >= 0.6 is 11.8 Å². The zero-order chi connectivity index (χ0) is 14.5. The average molecular weight is 293 g/mol. The van der Waals surface area contributed by atoms with E-state index in [-0.39, 0.29) is 0 Å². The van der Waals surface area contributed by atoms with E-state index in [9.17, 15) is 0 Å². The summed E-state index contributed by atoms with van der Waals surface area (Å²) >= 11 is 1.80. The Morgan fingerprint density at radius 1 is 0.810 bits per heavy atom. The molecule has 0 aromatic carbocycles. The van der Waals surface area contributed by atoms with Crippen molar-refractivity contribution >= 4 is 11.8 Å². The SMILES string of the molecule is CCSc1cc(-c2ccccn2)nc(-c2ccccn2)c1. The van der Waals surface area contributed by atoms with Crippen LogP contribution in [0.25, 0.3) is 22.8 Å². The molecule has 0 amide bonds. The summed E-state index contributed by atoms with van der Waals surface area (Å²) in [4.78, 5) is 14.7. The van der Waals surface area contributed by atoms with Crippen LogP contribution in [-0.2, 0) is 0 Å². The van der Waals surface area contributed by atoms with Gasteiger partial charge < -0.3 is 0 Å². The van der Waals surface area contributed by atoms with Crippen LogP contribution in [0.2, 0.25) is 0 Å². The summed E-state index contributed by atoms with van der Waals surface area (Å²) in [7, 11) is 0. The molecule has 0 saturated carbocycles. The van der Waals surface area contributed by atoms with Crippen molar-refractivity contribution in [3.8, 4) is 22.8 Å². The predicted molar refractivity (Wildman–Crippen MR) is 87.1 cm³/mol. The molecule has 0 fully saturated rings. The second-order valence-electron chi connectivity index (χ2n) is 4.44. The van der Waals surface area contributed by atoms with Crippen molar-refractivity contribution in [1.29, 1.82) is 0 Å². The van der Waals surface area contributed by atoms with Gasteiger partial charge in [0.15, 0.2) is 0 Å². The summed E-state index contributed by atoms with van der Waals surface area (Å²) in [5.41, 5.74) is 3.53. The van der Waals surface area contributed by atoms with Crippen molar-refractivity contribution in [2.75, 3.05) is 5.75 Å². The molecule has 0 aliphatic heterocycles. The van der Waals surface area contributed by atoms with Gasteiger partial charge in [0.2, 0.25) is 0 Å². The van der Waals surface area contributed by atoms with Gasteiger partial charge in [-0.05, 0) is 42.2 Å². The molecule has 3 nitrogen and oxygen atoms in total. The van der Waals surface area contributed by atoms with E-state index in [0.29, 0.717) is 0 Å². The molecule has 0 spiro atoms. The number of hydrogen-bond donors (Lipinski definition) is 0. The van der Waals surface area contributed by atoms with Crippen molar-refractivity contribution in [3.63, 3.8) is 0 Å². The number of hydrogen-bond acceptors (Lipinski definition) is 4. The molecule has 0 aliphatic rings. The molecule has 21 heavy (non-hydrogen) atoms. The van der Waals surface area contributed by atoms with Gasteiger partial charge in [0.05, 0.1) is 22.8 Å². The maximum absolute atomic E-state index is 4.72. The van der Waals surface area contributed by atoms with Crippen molar-refractivity contribution in [2.45, 2.75) is 11.8 Å². The third-order valence-corrected chi connectivity index (χ3v) is 3.82. The van der Waals surface area contributed by atoms with E-state index in [1.165, 1.54) is 4.90 Å². The first-order valence-electron chi connectivity index (χ1n) is 6.84. The molecule has 104 valence electrons. The van der Waals surface area contributed by atoms with Crippen molar-refractivity contribution in [3.05, 3.63) is 60.9 Å². The van der Waals surface area contributed by atoms with E-state index in [1.807, 2.05) is 36.4 Å². The van der Waals surface area contributed by atoms with E-state index in [4.69, 9.17) is 4.98 Å². The van der Waals surface area contributed by atoms with Gasteiger partial charge in [-0.25, -0.2) is 4.98 Å². The van der Waals surface area contributed by atoms with Gasteiger partial charge in [-0.15, -0.1) is 11.8 Å². The number of thioether (sulfide) groups is 1. The van der Waals surface area contributed by atoms with Crippen LogP contribution in [0.1, 0.15) is 6.92 Å². The lowest BCUT2D eigenvalue weighted by molar-refractivity contribution is 1.19. The number of rotatable bonds is 4. The van der Waals surface area contributed by atoms with Gasteiger partial charge in [0.1, 0.15) is 0 Å². The lowest BCUT2D eigenvalue weighted by Crippen LogP contribution is -1.93. The van der Waals surface area contributed by atoms with E-state index in [2.05, 4.69) is 29.0 Å². The van der Waals surface area contributed by atoms with Crippen LogP contribution in [0.3, 0.4) is 0 Å². The van der Waals surface area contributed by atoms with Crippen LogP contribution in [-0.4, -0.2) is 20.7 Å². The van der Waals surface area contributed by atoms with E-state index in [0.717, 1.165) is 28.5 Å². The molecule has 4 heteroatoms. The van der Waals surface area contributed by atoms with Gasteiger partial charge in [0, 0.05) is 17.3 Å². The van der Waals surface area contributed by atoms with Crippen LogP contribution in [0.5, 0.6) is 0 Å². The maximum atomic E-state index is 4.72. The minimum Gasteiger partial charge on any atom is -0.255 e. The minimum atomic E-state index is 0.883. The predicted octanol–water partition coefficient (Wildman–Crippen LogP) is 4.32. The Morgan fingerprint density at radius 2 is 1.38 bits per heavy atom. The van der Waals surface area contributed by atoms with E-state index >= 15 is 0 Å². The zero-order valence-corrected chi connectivity index (χ0v) is 12.5. The molecule has 3 aromatic heterocycles. The number of nitrogens with zero attached hydrogens (tertiary/aromatic N) is 3. The Hall–Kier alpha value is -2.20. The van der Waals surface area contributed by atoms with Crippen LogP contribution in [0.4, 0.5) is 0 Å². The number of pyridine rings is 3. The highest BCUT2D eigenvalue weighted by Crippen LogP contribution is 2.27. The molecule has 3 heterocycles. The fourth-order valence-electron chi connectivity index (χ4n) is 2.05. The van der Waals surface area contributed by atoms with Crippen molar-refractivity contribution in [1.82, 2.24) is 15.0 Å². The molecule has 0 unspecified atom stereocenters. The first-order valence-corrected chi connectivity index (χ1v) is 7.83. The summed E-state index contributed by atoms with van der Waals surface area (Å²) < 4.78 is 0. The summed E-state index contributed by atoms with van der Waals surface area (Å²) in [6, 6.07) is 15.9. The maximum Gasteiger partial charge on any atom is 0.0905 e. The monoisotopic (exact) mass is 293 g/mol. The quantitative estimate of drug-likeness (QED) is 0.672. The van der Waals surface area contributed by atoms with Gasteiger partial charge in [0.25, 0.3) is 0 Å². The Labute approximate surface area is 128 Å². The standard InChI is InChI=1S/C17H15N3S/c1-2-21-13-11-16(14-7-3-5-9-18-14)20-17(12-13)15-8-4-6-10-19-15/h3-12H,2H2,1H3. The Bertz CT molecular complexity index is 657. The molecule has 0 bridgehead atoms. The first kappa shape index (κ1) is 13.8. The summed E-state index contributed by atoms with van der Waals surface area (Å²) in [6.45, 7) is 2.14. The van der Waals surface area contributed by atoms with Gasteiger partial charge in [-0.1, -0.05) is 19.1 Å². The largest absolute Gasteiger partial charge is 0.255 e. The second kappa shape index (κ2) is 6.50. The topological polar surface area (TPSA) is 38.7 Å². The molecule has 0 atom stereocenters. The normalized spacial score (nSPS) is 10.5. The zero-order valence-electron chi connectivity index (χ0n) is 11.7. The summed E-state index contributed by atoms with van der Waals surface area (Å²) in [5, 5.41) is 0. The van der Waals surface area contributed by atoms with E-state index in [1.54, 1.807) is 24.2 Å². The highest BCUT2D eigenvalue weighted by atomic mass is 32.2. The minimum absolute atomic E-state index is 0.883. The van der Waals surface area contributed by atoms with Crippen LogP contribution in [0, 0.1) is 0 Å². The third kappa shape index (κ3) is 3.28. The molecular formula is C17H15N3S. The van der Waals surface area contributed by atoms with Crippen molar-refractivity contribution in [2.24, 2.45) is 0 Å². The van der Waals surface area contributed by atoms with Gasteiger partial charge in [-0.3, -0.25) is 9.97 Å². The van der Waals surface area contributed by atoms with Gasteiger partial charge in [-0.2, -0.15) is 0 Å². The Balaban J connectivity index is 2.11. The first-order chi connectivity index (χ1) is 10.4. The lowest BCUT2D eigenvalue weighted by Gasteiger charge is -2.07. The Kier molecular flexibility index (Phi) is 4.26. The number of aromatic nitrogens is 3. The fraction of sp³-hybridized carbons (Fsp3) is 0.118. The third-order valence-electron chi connectivity index (χ3n) is 2.96. The molecule has 0 radical (unpaired) electrons. The molecule has 3 rings (SSSR count). The highest BCUT2D eigenvalue weighted by Gasteiger charge is 2.08. The molecule has 3 aromatic rings. The molecule has 0 N–H and O–H groups in total. The molecule has 0 aliphatic carbocycles. The molecule has 0 saturated heterocycles. The van der Waals surface area contributed by atoms with Crippen molar-refractivity contribution < 1.29 is 0 Å². The lowest BCUT2D eigenvalue weighted by atomic mass is 10.2. The van der Waals surface area contributed by atoms with Crippen LogP contribution in [0.15, 0.2) is 65.8 Å².